The van der Waals surface area contributed by atoms with Gasteiger partial charge in [-0.3, -0.25) is 5.73 Å². The van der Waals surface area contributed by atoms with E-state index in [0.717, 1.165) is 5.56 Å². The second-order valence-corrected chi connectivity index (χ2v) is 3.23. The Bertz CT molecular complexity index is 283. The lowest BCUT2D eigenvalue weighted by molar-refractivity contribution is -0.208. The fourth-order valence-electron chi connectivity index (χ4n) is 0.924. The maximum atomic E-state index is 9.37. The van der Waals surface area contributed by atoms with Gasteiger partial charge in [0.05, 0.1) is 6.61 Å². The number of hydrogen-bond acceptors (Lipinski definition) is 4. The number of ether oxygens (including phenoxy) is 1. The molecule has 0 aromatic heterocycles. The second kappa shape index (κ2) is 4.41. The maximum absolute atomic E-state index is 9.37. The fraction of sp³-hybridized carbons (Fsp3) is 0.400. The summed E-state index contributed by atoms with van der Waals surface area (Å²) in [5.74, 6) is -1.54. The highest BCUT2D eigenvalue weighted by Crippen LogP contribution is 2.11. The first kappa shape index (κ1) is 11.0. The van der Waals surface area contributed by atoms with Gasteiger partial charge in [0.1, 0.15) is 0 Å². The van der Waals surface area contributed by atoms with Crippen molar-refractivity contribution in [3.63, 3.8) is 0 Å². The molecule has 4 heteroatoms. The molecule has 0 saturated carbocycles. The Morgan fingerprint density at radius 3 is 2.43 bits per heavy atom. The van der Waals surface area contributed by atoms with Gasteiger partial charge in [-0.1, -0.05) is 19.1 Å². The number of hydrogen-bond donors (Lipinski definition) is 3. The molecule has 1 rings (SSSR count). The van der Waals surface area contributed by atoms with Crippen LogP contribution in [0.2, 0.25) is 0 Å². The number of aliphatic hydroxyl groups is 1. The second-order valence-electron chi connectivity index (χ2n) is 3.23. The van der Waals surface area contributed by atoms with Gasteiger partial charge >= 0.3 is 0 Å². The molecule has 0 heterocycles. The summed E-state index contributed by atoms with van der Waals surface area (Å²) in [6, 6.07) is 7.22. The molecule has 1 aromatic rings. The number of benzene rings is 1. The van der Waals surface area contributed by atoms with Gasteiger partial charge in [-0.15, -0.1) is 0 Å². The zero-order valence-electron chi connectivity index (χ0n) is 8.23. The third-order valence-electron chi connectivity index (χ3n) is 1.98. The topological polar surface area (TPSA) is 81.5 Å². The van der Waals surface area contributed by atoms with E-state index in [1.165, 1.54) is 0 Å². The minimum absolute atomic E-state index is 0.279. The van der Waals surface area contributed by atoms with Crippen molar-refractivity contribution in [2.24, 2.45) is 5.73 Å². The van der Waals surface area contributed by atoms with Gasteiger partial charge in [0.25, 0.3) is 0 Å². The third kappa shape index (κ3) is 3.33. The molecule has 0 bridgehead atoms. The lowest BCUT2D eigenvalue weighted by Crippen LogP contribution is -2.41. The minimum atomic E-state index is -1.54. The molecule has 0 aliphatic heterocycles. The van der Waals surface area contributed by atoms with Crippen molar-refractivity contribution in [1.82, 2.24) is 0 Å². The Kier molecular flexibility index (Phi) is 3.46. The molecule has 4 nitrogen and oxygen atoms in total. The van der Waals surface area contributed by atoms with Gasteiger partial charge in [0.2, 0.25) is 5.91 Å². The molecule has 1 atom stereocenters. The Hall–Kier alpha value is -1.10. The summed E-state index contributed by atoms with van der Waals surface area (Å²) >= 11 is 0. The molecule has 0 aliphatic rings. The maximum Gasteiger partial charge on any atom is 0.222 e. The molecule has 0 fully saturated rings. The van der Waals surface area contributed by atoms with Gasteiger partial charge in [-0.05, 0) is 17.7 Å². The average Bonchev–Trinajstić information content (AvgIpc) is 2.17. The molecule has 78 valence electrons. The van der Waals surface area contributed by atoms with Crippen molar-refractivity contribution in [3.05, 3.63) is 29.8 Å². The molecule has 1 unspecified atom stereocenters. The Balaban J connectivity index is 2.50. The van der Waals surface area contributed by atoms with Crippen molar-refractivity contribution in [3.8, 4) is 0 Å². The largest absolute Gasteiger partial charge is 0.399 e. The third-order valence-corrected chi connectivity index (χ3v) is 1.98. The predicted molar refractivity (Wildman–Crippen MR) is 55.1 cm³/mol. The molecule has 1 aromatic carbocycles. The zero-order chi connectivity index (χ0) is 10.6. The number of nitrogens with two attached hydrogens (primary N) is 2. The SMILES string of the molecule is CCC(N)(O)OCc1ccc(N)cc1. The van der Waals surface area contributed by atoms with Gasteiger partial charge in [0.15, 0.2) is 0 Å². The smallest absolute Gasteiger partial charge is 0.222 e. The van der Waals surface area contributed by atoms with Crippen LogP contribution in [-0.4, -0.2) is 11.0 Å². The highest BCUT2D eigenvalue weighted by Gasteiger charge is 2.18. The minimum Gasteiger partial charge on any atom is -0.399 e. The first-order chi connectivity index (χ1) is 6.53. The lowest BCUT2D eigenvalue weighted by Gasteiger charge is -2.21. The number of anilines is 1. The Morgan fingerprint density at radius 1 is 1.36 bits per heavy atom. The summed E-state index contributed by atoms with van der Waals surface area (Å²) in [5, 5.41) is 9.37. The first-order valence-electron chi connectivity index (χ1n) is 4.53. The molecular weight excluding hydrogens is 180 g/mol. The van der Waals surface area contributed by atoms with Gasteiger partial charge in [-0.25, -0.2) is 0 Å². The van der Waals surface area contributed by atoms with Crippen LogP contribution in [0.4, 0.5) is 5.69 Å². The van der Waals surface area contributed by atoms with Crippen LogP contribution in [0.1, 0.15) is 18.9 Å². The summed E-state index contributed by atoms with van der Waals surface area (Å²) < 4.78 is 5.10. The van der Waals surface area contributed by atoms with Gasteiger partial charge < -0.3 is 15.6 Å². The van der Waals surface area contributed by atoms with E-state index in [9.17, 15) is 5.11 Å². The van der Waals surface area contributed by atoms with E-state index >= 15 is 0 Å². The molecule has 0 radical (unpaired) electrons. The summed E-state index contributed by atoms with van der Waals surface area (Å²) in [6.07, 6.45) is 0.349. The Morgan fingerprint density at radius 2 is 1.93 bits per heavy atom. The summed E-state index contributed by atoms with van der Waals surface area (Å²) in [4.78, 5) is 0. The predicted octanol–water partition coefficient (Wildman–Crippen LogP) is 0.800. The first-order valence-corrected chi connectivity index (χ1v) is 4.53. The van der Waals surface area contributed by atoms with Crippen LogP contribution in [0.5, 0.6) is 0 Å². The van der Waals surface area contributed by atoms with Crippen molar-refractivity contribution in [1.29, 1.82) is 0 Å². The Labute approximate surface area is 83.5 Å². The van der Waals surface area contributed by atoms with E-state index < -0.39 is 5.91 Å². The van der Waals surface area contributed by atoms with Crippen molar-refractivity contribution in [2.75, 3.05) is 5.73 Å². The highest BCUT2D eigenvalue weighted by atomic mass is 16.6. The van der Waals surface area contributed by atoms with Crippen LogP contribution in [-0.2, 0) is 11.3 Å². The molecular formula is C10H16N2O2. The summed E-state index contributed by atoms with van der Waals surface area (Å²) in [7, 11) is 0. The standard InChI is InChI=1S/C10H16N2O2/c1-2-10(12,13)14-7-8-3-5-9(11)6-4-8/h3-6,13H,2,7,11-12H2,1H3. The van der Waals surface area contributed by atoms with Crippen LogP contribution in [0.15, 0.2) is 24.3 Å². The molecule has 0 spiro atoms. The zero-order valence-corrected chi connectivity index (χ0v) is 8.23. The van der Waals surface area contributed by atoms with Crippen molar-refractivity contribution >= 4 is 5.69 Å². The van der Waals surface area contributed by atoms with Crippen LogP contribution in [0.3, 0.4) is 0 Å². The van der Waals surface area contributed by atoms with Crippen LogP contribution >= 0.6 is 0 Å². The highest BCUT2D eigenvalue weighted by molar-refractivity contribution is 5.39. The lowest BCUT2D eigenvalue weighted by atomic mass is 10.2. The average molecular weight is 196 g/mol. The van der Waals surface area contributed by atoms with Crippen molar-refractivity contribution in [2.45, 2.75) is 25.9 Å². The van der Waals surface area contributed by atoms with Gasteiger partial charge in [-0.2, -0.15) is 0 Å². The summed E-state index contributed by atoms with van der Waals surface area (Å²) in [5.41, 5.74) is 12.6. The van der Waals surface area contributed by atoms with E-state index in [1.807, 2.05) is 12.1 Å². The van der Waals surface area contributed by atoms with Crippen molar-refractivity contribution < 1.29 is 9.84 Å². The van der Waals surface area contributed by atoms with E-state index in [0.29, 0.717) is 12.1 Å². The molecule has 0 amide bonds. The quantitative estimate of drug-likeness (QED) is 0.491. The molecule has 0 saturated heterocycles. The molecule has 5 N–H and O–H groups in total. The molecule has 14 heavy (non-hydrogen) atoms. The number of rotatable bonds is 4. The summed E-state index contributed by atoms with van der Waals surface area (Å²) in [6.45, 7) is 2.03. The van der Waals surface area contributed by atoms with Gasteiger partial charge in [0, 0.05) is 12.1 Å². The van der Waals surface area contributed by atoms with Crippen LogP contribution in [0, 0.1) is 0 Å². The van der Waals surface area contributed by atoms with E-state index in [-0.39, 0.29) is 6.61 Å². The monoisotopic (exact) mass is 196 g/mol. The fourth-order valence-corrected chi connectivity index (χ4v) is 0.924. The van der Waals surface area contributed by atoms with E-state index in [4.69, 9.17) is 16.2 Å². The van der Waals surface area contributed by atoms with E-state index in [2.05, 4.69) is 0 Å². The normalized spacial score (nSPS) is 15.1. The number of nitrogen functional groups attached to an aromatic ring is 1. The molecule has 0 aliphatic carbocycles. The van der Waals surface area contributed by atoms with E-state index in [1.54, 1.807) is 19.1 Å². The van der Waals surface area contributed by atoms with Crippen LogP contribution in [0.25, 0.3) is 0 Å². The van der Waals surface area contributed by atoms with Crippen LogP contribution < -0.4 is 11.5 Å².